The van der Waals surface area contributed by atoms with Crippen molar-refractivity contribution in [3.63, 3.8) is 0 Å². The maximum atomic E-state index is 13.4. The molecule has 0 radical (unpaired) electrons. The van der Waals surface area contributed by atoms with Crippen molar-refractivity contribution < 1.29 is 9.18 Å². The van der Waals surface area contributed by atoms with E-state index >= 15 is 0 Å². The van der Waals surface area contributed by atoms with Gasteiger partial charge in [0.15, 0.2) is 10.3 Å². The Morgan fingerprint density at radius 1 is 1.31 bits per heavy atom. The molecule has 150 valence electrons. The van der Waals surface area contributed by atoms with Gasteiger partial charge in [-0.1, -0.05) is 23.1 Å². The fourth-order valence-electron chi connectivity index (χ4n) is 3.98. The molecule has 1 aromatic carbocycles. The van der Waals surface area contributed by atoms with Crippen LogP contribution in [-0.4, -0.2) is 39.2 Å². The minimum absolute atomic E-state index is 0.0824. The second kappa shape index (κ2) is 6.63. The van der Waals surface area contributed by atoms with E-state index in [1.165, 1.54) is 35.2 Å². The predicted molar refractivity (Wildman–Crippen MR) is 114 cm³/mol. The summed E-state index contributed by atoms with van der Waals surface area (Å²) < 4.78 is 14.2. The lowest BCUT2D eigenvalue weighted by Gasteiger charge is -2.41. The van der Waals surface area contributed by atoms with E-state index in [0.717, 1.165) is 39.6 Å². The van der Waals surface area contributed by atoms with Crippen molar-refractivity contribution in [2.45, 2.75) is 49.3 Å². The lowest BCUT2D eigenvalue weighted by atomic mass is 9.84. The molecule has 1 fully saturated rings. The maximum Gasteiger partial charge on any atom is 0.238 e. The van der Waals surface area contributed by atoms with Gasteiger partial charge >= 0.3 is 0 Å². The summed E-state index contributed by atoms with van der Waals surface area (Å²) in [6.07, 6.45) is 5.37. The highest BCUT2D eigenvalue weighted by molar-refractivity contribution is 7.98. The van der Waals surface area contributed by atoms with E-state index in [1.54, 1.807) is 12.3 Å². The third kappa shape index (κ3) is 2.98. The molecule has 0 bridgehead atoms. The van der Waals surface area contributed by atoms with Crippen LogP contribution in [-0.2, 0) is 10.2 Å². The second-order valence-electron chi connectivity index (χ2n) is 7.99. The number of halogens is 1. The molecule has 29 heavy (non-hydrogen) atoms. The number of hydrogen-bond acceptors (Lipinski definition) is 7. The number of aromatic nitrogens is 3. The van der Waals surface area contributed by atoms with Crippen molar-refractivity contribution in [1.82, 2.24) is 15.0 Å². The molecule has 1 aliphatic heterocycles. The summed E-state index contributed by atoms with van der Waals surface area (Å²) in [5.74, 6) is 0.578. The van der Waals surface area contributed by atoms with Crippen molar-refractivity contribution in [1.29, 1.82) is 0 Å². The van der Waals surface area contributed by atoms with Gasteiger partial charge in [-0.15, -0.1) is 0 Å². The standard InChI is InChI=1S/C20H20FN5OS2/c1-20(2)13-9-22-18(28-3)25-16(13)26(17(20)27)12-7-11(8-12)23-19-24-14-5-4-10(21)6-15(14)29-19/h4-6,9,11-12H,7-8H2,1-3H3,(H,23,24)/t11-,12-. The fourth-order valence-corrected chi connectivity index (χ4v) is 5.29. The van der Waals surface area contributed by atoms with E-state index in [0.29, 0.717) is 5.16 Å². The van der Waals surface area contributed by atoms with E-state index < -0.39 is 5.41 Å². The number of hydrogen-bond donors (Lipinski definition) is 1. The smallest absolute Gasteiger partial charge is 0.238 e. The molecule has 5 rings (SSSR count). The molecule has 9 heteroatoms. The highest BCUT2D eigenvalue weighted by Gasteiger charge is 2.50. The fraction of sp³-hybridized carbons (Fsp3) is 0.400. The third-order valence-electron chi connectivity index (χ3n) is 5.74. The first kappa shape index (κ1) is 18.7. The quantitative estimate of drug-likeness (QED) is 0.495. The number of thiazole rings is 1. The topological polar surface area (TPSA) is 71.0 Å². The number of fused-ring (bicyclic) bond motifs is 2. The monoisotopic (exact) mass is 429 g/mol. The van der Waals surface area contributed by atoms with Crippen LogP contribution >= 0.6 is 23.1 Å². The van der Waals surface area contributed by atoms with Gasteiger partial charge in [0.25, 0.3) is 0 Å². The van der Waals surface area contributed by atoms with Crippen LogP contribution in [0.25, 0.3) is 10.2 Å². The SMILES string of the molecule is CSc1ncc2c(n1)N([C@H]1C[C@H](Nc3nc4ccc(F)cc4s3)C1)C(=O)C2(C)C. The average molecular weight is 430 g/mol. The normalized spacial score (nSPS) is 22.6. The van der Waals surface area contributed by atoms with E-state index in [4.69, 9.17) is 0 Å². The molecular weight excluding hydrogens is 409 g/mol. The summed E-state index contributed by atoms with van der Waals surface area (Å²) in [5, 5.41) is 4.90. The Labute approximate surface area is 176 Å². The van der Waals surface area contributed by atoms with Crippen molar-refractivity contribution in [3.05, 3.63) is 35.8 Å². The van der Waals surface area contributed by atoms with Gasteiger partial charge in [-0.25, -0.2) is 19.3 Å². The number of anilines is 2. The number of benzene rings is 1. The highest BCUT2D eigenvalue weighted by atomic mass is 32.2. The van der Waals surface area contributed by atoms with Gasteiger partial charge in [-0.2, -0.15) is 0 Å². The number of carbonyl (C=O) groups is 1. The predicted octanol–water partition coefficient (Wildman–Crippen LogP) is 4.21. The molecule has 3 aromatic rings. The van der Waals surface area contributed by atoms with Crippen molar-refractivity contribution in [2.24, 2.45) is 0 Å². The molecule has 6 nitrogen and oxygen atoms in total. The van der Waals surface area contributed by atoms with E-state index in [1.807, 2.05) is 25.0 Å². The average Bonchev–Trinajstić information content (AvgIpc) is 3.14. The number of rotatable bonds is 4. The summed E-state index contributed by atoms with van der Waals surface area (Å²) in [6.45, 7) is 3.87. The summed E-state index contributed by atoms with van der Waals surface area (Å²) in [7, 11) is 0. The zero-order chi connectivity index (χ0) is 20.3. The number of nitrogens with zero attached hydrogens (tertiary/aromatic N) is 4. The second-order valence-corrected chi connectivity index (χ2v) is 9.80. The molecule has 0 saturated heterocycles. The Morgan fingerprint density at radius 3 is 2.86 bits per heavy atom. The lowest BCUT2D eigenvalue weighted by molar-refractivity contribution is -0.122. The van der Waals surface area contributed by atoms with Crippen LogP contribution < -0.4 is 10.2 Å². The van der Waals surface area contributed by atoms with Gasteiger partial charge in [0.1, 0.15) is 11.6 Å². The van der Waals surface area contributed by atoms with Crippen LogP contribution in [0.2, 0.25) is 0 Å². The number of nitrogens with one attached hydrogen (secondary N) is 1. The van der Waals surface area contributed by atoms with Gasteiger partial charge < -0.3 is 5.32 Å². The van der Waals surface area contributed by atoms with Gasteiger partial charge in [0, 0.05) is 23.8 Å². The van der Waals surface area contributed by atoms with Crippen molar-refractivity contribution in [3.8, 4) is 0 Å². The largest absolute Gasteiger partial charge is 0.359 e. The molecule has 0 atom stereocenters. The summed E-state index contributed by atoms with van der Waals surface area (Å²) in [6, 6.07) is 4.96. The maximum absolute atomic E-state index is 13.4. The lowest BCUT2D eigenvalue weighted by Crippen LogP contribution is -2.53. The van der Waals surface area contributed by atoms with Crippen molar-refractivity contribution >= 4 is 50.2 Å². The molecule has 1 saturated carbocycles. The first-order chi connectivity index (χ1) is 13.9. The summed E-state index contributed by atoms with van der Waals surface area (Å²) in [5.41, 5.74) is 1.08. The van der Waals surface area contributed by atoms with Crippen LogP contribution in [0.15, 0.2) is 29.6 Å². The van der Waals surface area contributed by atoms with E-state index in [2.05, 4.69) is 20.3 Å². The Hall–Kier alpha value is -2.26. The highest BCUT2D eigenvalue weighted by Crippen LogP contribution is 2.45. The van der Waals surface area contributed by atoms with Gasteiger partial charge in [0.05, 0.1) is 15.6 Å². The first-order valence-electron chi connectivity index (χ1n) is 9.44. The Balaban J connectivity index is 1.33. The molecule has 3 heterocycles. The molecule has 0 unspecified atom stereocenters. The molecule has 1 amide bonds. The van der Waals surface area contributed by atoms with E-state index in [9.17, 15) is 9.18 Å². The molecule has 0 spiro atoms. The van der Waals surface area contributed by atoms with Crippen LogP contribution in [0.1, 0.15) is 32.3 Å². The Morgan fingerprint density at radius 2 is 2.10 bits per heavy atom. The minimum atomic E-state index is -0.609. The number of thioether (sulfide) groups is 1. The molecule has 2 aromatic heterocycles. The summed E-state index contributed by atoms with van der Waals surface area (Å²) >= 11 is 2.92. The van der Waals surface area contributed by atoms with Gasteiger partial charge in [0.2, 0.25) is 5.91 Å². The molecule has 2 aliphatic rings. The number of carbonyl (C=O) groups excluding carboxylic acids is 1. The van der Waals surface area contributed by atoms with Crippen LogP contribution in [0, 0.1) is 5.82 Å². The van der Waals surface area contributed by atoms with E-state index in [-0.39, 0.29) is 23.8 Å². The van der Waals surface area contributed by atoms with Crippen LogP contribution in [0.5, 0.6) is 0 Å². The minimum Gasteiger partial charge on any atom is -0.359 e. The van der Waals surface area contributed by atoms with Crippen LogP contribution in [0.4, 0.5) is 15.3 Å². The van der Waals surface area contributed by atoms with Crippen molar-refractivity contribution in [2.75, 3.05) is 16.5 Å². The molecule has 1 aliphatic carbocycles. The van der Waals surface area contributed by atoms with Gasteiger partial charge in [-0.3, -0.25) is 9.69 Å². The first-order valence-corrected chi connectivity index (χ1v) is 11.5. The molecular formula is C20H20FN5OS2. The Kier molecular flexibility index (Phi) is 4.29. The molecule has 1 N–H and O–H groups in total. The zero-order valence-corrected chi connectivity index (χ0v) is 17.9. The Bertz CT molecular complexity index is 1130. The summed E-state index contributed by atoms with van der Waals surface area (Å²) in [4.78, 5) is 28.5. The van der Waals surface area contributed by atoms with Gasteiger partial charge in [-0.05, 0) is 51.1 Å². The third-order valence-corrected chi connectivity index (χ3v) is 7.25. The zero-order valence-electron chi connectivity index (χ0n) is 16.3. The van der Waals surface area contributed by atoms with Crippen LogP contribution in [0.3, 0.4) is 0 Å². The number of amides is 1.